The standard InChI is InChI=1S/C12H17N3O3/c1-8-9(4-3-5-11(8)15(16)17)14-10-6-13-7-12(10)18-2/h3-5,10,12-14H,6-7H2,1-2H3/t10?,12-/m0/s1. The molecule has 1 aromatic rings. The summed E-state index contributed by atoms with van der Waals surface area (Å²) in [6.07, 6.45) is 0.0867. The molecule has 2 atom stereocenters. The first-order valence-corrected chi connectivity index (χ1v) is 5.87. The summed E-state index contributed by atoms with van der Waals surface area (Å²) in [6.45, 7) is 3.34. The summed E-state index contributed by atoms with van der Waals surface area (Å²) in [6, 6.07) is 5.20. The molecular weight excluding hydrogens is 234 g/mol. The van der Waals surface area contributed by atoms with Gasteiger partial charge in [0.25, 0.3) is 5.69 Å². The molecule has 2 rings (SSSR count). The van der Waals surface area contributed by atoms with Gasteiger partial charge in [0.2, 0.25) is 0 Å². The molecule has 2 N–H and O–H groups in total. The molecule has 0 radical (unpaired) electrons. The van der Waals surface area contributed by atoms with Gasteiger partial charge in [0.05, 0.1) is 17.1 Å². The summed E-state index contributed by atoms with van der Waals surface area (Å²) < 4.78 is 5.35. The Kier molecular flexibility index (Phi) is 3.78. The van der Waals surface area contributed by atoms with E-state index in [0.29, 0.717) is 5.56 Å². The second kappa shape index (κ2) is 5.32. The predicted octanol–water partition coefficient (Wildman–Crippen LogP) is 1.30. The Morgan fingerprint density at radius 1 is 1.50 bits per heavy atom. The third-order valence-electron chi connectivity index (χ3n) is 3.30. The zero-order valence-corrected chi connectivity index (χ0v) is 10.5. The summed E-state index contributed by atoms with van der Waals surface area (Å²) >= 11 is 0. The van der Waals surface area contributed by atoms with Gasteiger partial charge in [-0.3, -0.25) is 10.1 Å². The molecule has 0 bridgehead atoms. The van der Waals surface area contributed by atoms with E-state index in [1.165, 1.54) is 6.07 Å². The molecule has 1 aliphatic rings. The quantitative estimate of drug-likeness (QED) is 0.623. The van der Waals surface area contributed by atoms with Crippen molar-refractivity contribution < 1.29 is 9.66 Å². The number of hydrogen-bond acceptors (Lipinski definition) is 5. The number of methoxy groups -OCH3 is 1. The van der Waals surface area contributed by atoms with Crippen LogP contribution in [-0.2, 0) is 4.74 Å². The molecular formula is C12H17N3O3. The molecule has 0 amide bonds. The molecule has 0 saturated carbocycles. The van der Waals surface area contributed by atoms with Crippen molar-refractivity contribution in [2.75, 3.05) is 25.5 Å². The first kappa shape index (κ1) is 12.8. The van der Waals surface area contributed by atoms with Gasteiger partial charge in [0, 0.05) is 37.5 Å². The summed E-state index contributed by atoms with van der Waals surface area (Å²) in [7, 11) is 1.67. The third-order valence-corrected chi connectivity index (χ3v) is 3.30. The monoisotopic (exact) mass is 251 g/mol. The molecule has 0 spiro atoms. The van der Waals surface area contributed by atoms with Crippen molar-refractivity contribution in [2.45, 2.75) is 19.1 Å². The van der Waals surface area contributed by atoms with Crippen LogP contribution in [0.4, 0.5) is 11.4 Å². The molecule has 6 heteroatoms. The molecule has 1 aromatic carbocycles. The maximum Gasteiger partial charge on any atom is 0.274 e. The molecule has 1 fully saturated rings. The number of benzene rings is 1. The van der Waals surface area contributed by atoms with E-state index in [9.17, 15) is 10.1 Å². The van der Waals surface area contributed by atoms with E-state index in [4.69, 9.17) is 4.74 Å². The molecule has 18 heavy (non-hydrogen) atoms. The summed E-state index contributed by atoms with van der Waals surface area (Å²) in [5.41, 5.74) is 1.59. The largest absolute Gasteiger partial charge is 0.378 e. The maximum absolute atomic E-state index is 10.9. The highest BCUT2D eigenvalue weighted by atomic mass is 16.6. The van der Waals surface area contributed by atoms with E-state index in [2.05, 4.69) is 10.6 Å². The minimum atomic E-state index is -0.360. The highest BCUT2D eigenvalue weighted by Crippen LogP contribution is 2.26. The Hall–Kier alpha value is -1.66. The van der Waals surface area contributed by atoms with E-state index in [1.807, 2.05) is 6.07 Å². The van der Waals surface area contributed by atoms with Gasteiger partial charge in [-0.2, -0.15) is 0 Å². The normalized spacial score (nSPS) is 23.0. The van der Waals surface area contributed by atoms with Crippen LogP contribution in [0, 0.1) is 17.0 Å². The highest BCUT2D eigenvalue weighted by Gasteiger charge is 2.27. The zero-order chi connectivity index (χ0) is 13.1. The molecule has 98 valence electrons. The Labute approximate surface area is 105 Å². The number of ether oxygens (including phenoxy) is 1. The molecule has 0 aliphatic carbocycles. The van der Waals surface area contributed by atoms with Gasteiger partial charge < -0.3 is 15.4 Å². The summed E-state index contributed by atoms with van der Waals surface area (Å²) in [4.78, 5) is 10.5. The lowest BCUT2D eigenvalue weighted by molar-refractivity contribution is -0.385. The fourth-order valence-electron chi connectivity index (χ4n) is 2.22. The molecule has 1 saturated heterocycles. The van der Waals surface area contributed by atoms with Crippen LogP contribution >= 0.6 is 0 Å². The first-order chi connectivity index (χ1) is 8.63. The van der Waals surface area contributed by atoms with Gasteiger partial charge in [-0.25, -0.2) is 0 Å². The van der Waals surface area contributed by atoms with Crippen molar-refractivity contribution in [3.05, 3.63) is 33.9 Å². The number of rotatable bonds is 4. The summed E-state index contributed by atoms with van der Waals surface area (Å²) in [5, 5.41) is 17.4. The second-order valence-electron chi connectivity index (χ2n) is 4.39. The van der Waals surface area contributed by atoms with Crippen molar-refractivity contribution in [3.63, 3.8) is 0 Å². The van der Waals surface area contributed by atoms with E-state index >= 15 is 0 Å². The van der Waals surface area contributed by atoms with Crippen LogP contribution in [0.2, 0.25) is 0 Å². The van der Waals surface area contributed by atoms with E-state index in [0.717, 1.165) is 18.8 Å². The topological polar surface area (TPSA) is 76.4 Å². The molecule has 1 aliphatic heterocycles. The van der Waals surface area contributed by atoms with Gasteiger partial charge in [0.1, 0.15) is 0 Å². The Morgan fingerprint density at radius 3 is 2.94 bits per heavy atom. The van der Waals surface area contributed by atoms with Crippen LogP contribution in [0.3, 0.4) is 0 Å². The van der Waals surface area contributed by atoms with Crippen molar-refractivity contribution in [2.24, 2.45) is 0 Å². The SMILES string of the molecule is CO[C@H]1CNCC1Nc1cccc([N+](=O)[O-])c1C. The van der Waals surface area contributed by atoms with Crippen molar-refractivity contribution >= 4 is 11.4 Å². The Balaban J connectivity index is 2.19. The van der Waals surface area contributed by atoms with Gasteiger partial charge >= 0.3 is 0 Å². The lowest BCUT2D eigenvalue weighted by Gasteiger charge is -2.20. The minimum Gasteiger partial charge on any atom is -0.378 e. The Bertz CT molecular complexity index is 450. The van der Waals surface area contributed by atoms with Crippen molar-refractivity contribution in [1.82, 2.24) is 5.32 Å². The molecule has 1 unspecified atom stereocenters. The van der Waals surface area contributed by atoms with E-state index in [1.54, 1.807) is 20.1 Å². The molecule has 6 nitrogen and oxygen atoms in total. The highest BCUT2D eigenvalue weighted by molar-refractivity contribution is 5.60. The van der Waals surface area contributed by atoms with Crippen LogP contribution < -0.4 is 10.6 Å². The van der Waals surface area contributed by atoms with Gasteiger partial charge in [0.15, 0.2) is 0 Å². The van der Waals surface area contributed by atoms with Gasteiger partial charge in [-0.1, -0.05) is 6.07 Å². The average molecular weight is 251 g/mol. The fourth-order valence-corrected chi connectivity index (χ4v) is 2.22. The second-order valence-corrected chi connectivity index (χ2v) is 4.39. The number of anilines is 1. The number of hydrogen-bond donors (Lipinski definition) is 2. The lowest BCUT2D eigenvalue weighted by atomic mass is 10.1. The van der Waals surface area contributed by atoms with Crippen molar-refractivity contribution in [3.8, 4) is 0 Å². The number of nitro benzene ring substituents is 1. The predicted molar refractivity (Wildman–Crippen MR) is 68.9 cm³/mol. The van der Waals surface area contributed by atoms with E-state index < -0.39 is 0 Å². The van der Waals surface area contributed by atoms with Crippen molar-refractivity contribution in [1.29, 1.82) is 0 Å². The van der Waals surface area contributed by atoms with Crippen LogP contribution in [0.1, 0.15) is 5.56 Å². The van der Waals surface area contributed by atoms with Crippen LogP contribution in [0.15, 0.2) is 18.2 Å². The number of nitrogens with one attached hydrogen (secondary N) is 2. The van der Waals surface area contributed by atoms with Crippen LogP contribution in [0.5, 0.6) is 0 Å². The third kappa shape index (κ3) is 2.44. The van der Waals surface area contributed by atoms with Gasteiger partial charge in [-0.15, -0.1) is 0 Å². The van der Waals surface area contributed by atoms with Gasteiger partial charge in [-0.05, 0) is 13.0 Å². The zero-order valence-electron chi connectivity index (χ0n) is 10.5. The van der Waals surface area contributed by atoms with E-state index in [-0.39, 0.29) is 22.8 Å². The molecule has 1 heterocycles. The maximum atomic E-state index is 10.9. The Morgan fingerprint density at radius 2 is 2.28 bits per heavy atom. The van der Waals surface area contributed by atoms with Crippen LogP contribution in [-0.4, -0.2) is 37.3 Å². The van der Waals surface area contributed by atoms with Crippen LogP contribution in [0.25, 0.3) is 0 Å². The average Bonchev–Trinajstić information content (AvgIpc) is 2.78. The molecule has 0 aromatic heterocycles. The minimum absolute atomic E-state index is 0.0867. The first-order valence-electron chi connectivity index (χ1n) is 5.87. The smallest absolute Gasteiger partial charge is 0.274 e. The summed E-state index contributed by atoms with van der Waals surface area (Å²) in [5.74, 6) is 0. The number of nitrogens with zero attached hydrogens (tertiary/aromatic N) is 1. The number of nitro groups is 1. The lowest BCUT2D eigenvalue weighted by Crippen LogP contribution is -2.33. The fraction of sp³-hybridized carbons (Fsp3) is 0.500.